The third-order valence-corrected chi connectivity index (χ3v) is 1.26. The Bertz CT molecular complexity index is 149. The Morgan fingerprint density at radius 1 is 1.67 bits per heavy atom. The van der Waals surface area contributed by atoms with Gasteiger partial charge in [0.2, 0.25) is 0 Å². The first-order chi connectivity index (χ1) is 4.33. The van der Waals surface area contributed by atoms with E-state index in [0.717, 1.165) is 5.70 Å². The second-order valence-corrected chi connectivity index (χ2v) is 2.04. The smallest absolute Gasteiger partial charge is 0.146 e. The van der Waals surface area contributed by atoms with Crippen LogP contribution in [0.3, 0.4) is 0 Å². The summed E-state index contributed by atoms with van der Waals surface area (Å²) in [5.74, 6) is 0. The zero-order valence-electron chi connectivity index (χ0n) is 5.72. The Balaban J connectivity index is 2.51. The number of hydrogen-bond donors (Lipinski definition) is 1. The third kappa shape index (κ3) is 1.57. The van der Waals surface area contributed by atoms with Crippen molar-refractivity contribution in [3.63, 3.8) is 0 Å². The Morgan fingerprint density at radius 2 is 2.44 bits per heavy atom. The van der Waals surface area contributed by atoms with E-state index in [-0.39, 0.29) is 6.23 Å². The highest BCUT2D eigenvalue weighted by Gasteiger charge is 2.02. The zero-order chi connectivity index (χ0) is 6.69. The maximum atomic E-state index is 5.02. The van der Waals surface area contributed by atoms with Crippen molar-refractivity contribution in [1.29, 1.82) is 0 Å². The number of dihydropyridines is 1. The first kappa shape index (κ1) is 6.36. The van der Waals surface area contributed by atoms with Gasteiger partial charge in [0.15, 0.2) is 0 Å². The molecule has 0 bridgehead atoms. The van der Waals surface area contributed by atoms with E-state index < -0.39 is 0 Å². The van der Waals surface area contributed by atoms with Crippen molar-refractivity contribution >= 4 is 0 Å². The van der Waals surface area contributed by atoms with Gasteiger partial charge < -0.3 is 10.1 Å². The van der Waals surface area contributed by atoms with Gasteiger partial charge in [-0.1, -0.05) is 6.08 Å². The number of allylic oxidation sites excluding steroid dienone is 3. The van der Waals surface area contributed by atoms with Gasteiger partial charge in [-0.05, 0) is 19.1 Å². The topological polar surface area (TPSA) is 21.3 Å². The van der Waals surface area contributed by atoms with Crippen LogP contribution in [-0.2, 0) is 4.74 Å². The molecule has 0 aromatic carbocycles. The maximum Gasteiger partial charge on any atom is 0.146 e. The molecule has 0 spiro atoms. The van der Waals surface area contributed by atoms with Crippen LogP contribution in [0.2, 0.25) is 0 Å². The molecule has 50 valence electrons. The highest BCUT2D eigenvalue weighted by atomic mass is 16.5. The molecule has 2 nitrogen and oxygen atoms in total. The minimum atomic E-state index is 0.0648. The van der Waals surface area contributed by atoms with Gasteiger partial charge in [-0.2, -0.15) is 0 Å². The van der Waals surface area contributed by atoms with Crippen LogP contribution in [-0.4, -0.2) is 13.3 Å². The van der Waals surface area contributed by atoms with Gasteiger partial charge in [0.1, 0.15) is 6.23 Å². The molecule has 0 amide bonds. The van der Waals surface area contributed by atoms with Crippen molar-refractivity contribution < 1.29 is 4.74 Å². The second-order valence-electron chi connectivity index (χ2n) is 2.04. The van der Waals surface area contributed by atoms with Gasteiger partial charge in [0.05, 0.1) is 0 Å². The molecule has 2 heteroatoms. The molecule has 1 aliphatic heterocycles. The Morgan fingerprint density at radius 3 is 2.89 bits per heavy atom. The van der Waals surface area contributed by atoms with Crippen molar-refractivity contribution in [3.05, 3.63) is 23.9 Å². The lowest BCUT2D eigenvalue weighted by atomic mass is 10.3. The summed E-state index contributed by atoms with van der Waals surface area (Å²) in [6, 6.07) is 0. The molecule has 1 aliphatic rings. The fraction of sp³-hybridized carbons (Fsp3) is 0.429. The lowest BCUT2D eigenvalue weighted by Gasteiger charge is -2.17. The van der Waals surface area contributed by atoms with E-state index in [4.69, 9.17) is 4.74 Å². The normalized spacial score (nSPS) is 25.1. The van der Waals surface area contributed by atoms with Gasteiger partial charge in [0.25, 0.3) is 0 Å². The van der Waals surface area contributed by atoms with E-state index in [2.05, 4.69) is 5.32 Å². The van der Waals surface area contributed by atoms with Crippen molar-refractivity contribution in [3.8, 4) is 0 Å². The van der Waals surface area contributed by atoms with Crippen LogP contribution in [0.15, 0.2) is 23.9 Å². The van der Waals surface area contributed by atoms with Crippen molar-refractivity contribution in [2.24, 2.45) is 0 Å². The summed E-state index contributed by atoms with van der Waals surface area (Å²) in [5.41, 5.74) is 1.14. The van der Waals surface area contributed by atoms with Gasteiger partial charge in [-0.3, -0.25) is 0 Å². The standard InChI is InChI=1S/C7H11NO/c1-6-4-3-5-7(8-6)9-2/h3-5,7-8H,1-2H3. The van der Waals surface area contributed by atoms with Crippen molar-refractivity contribution in [1.82, 2.24) is 5.32 Å². The average molecular weight is 125 g/mol. The summed E-state index contributed by atoms with van der Waals surface area (Å²) >= 11 is 0. The second kappa shape index (κ2) is 2.69. The van der Waals surface area contributed by atoms with Crippen LogP contribution in [0, 0.1) is 0 Å². The summed E-state index contributed by atoms with van der Waals surface area (Å²) in [6.07, 6.45) is 6.03. The van der Waals surface area contributed by atoms with Gasteiger partial charge in [-0.25, -0.2) is 0 Å². The van der Waals surface area contributed by atoms with Crippen LogP contribution in [0.25, 0.3) is 0 Å². The highest BCUT2D eigenvalue weighted by Crippen LogP contribution is 2.00. The number of methoxy groups -OCH3 is 1. The van der Waals surface area contributed by atoms with Crippen LogP contribution >= 0.6 is 0 Å². The summed E-state index contributed by atoms with van der Waals surface area (Å²) in [7, 11) is 1.68. The van der Waals surface area contributed by atoms with Crippen molar-refractivity contribution in [2.45, 2.75) is 13.2 Å². The predicted octanol–water partition coefficient (Wildman–Crippen LogP) is 1.02. The molecule has 1 N–H and O–H groups in total. The lowest BCUT2D eigenvalue weighted by molar-refractivity contribution is 0.120. The van der Waals surface area contributed by atoms with Crippen LogP contribution in [0.4, 0.5) is 0 Å². The molecular formula is C7H11NO. The first-order valence-electron chi connectivity index (χ1n) is 2.97. The quantitative estimate of drug-likeness (QED) is 0.565. The van der Waals surface area contributed by atoms with E-state index in [1.54, 1.807) is 7.11 Å². The van der Waals surface area contributed by atoms with Gasteiger partial charge in [0, 0.05) is 12.8 Å². The SMILES string of the molecule is COC1C=CC=C(C)N1. The predicted molar refractivity (Wildman–Crippen MR) is 36.8 cm³/mol. The molecule has 0 aromatic heterocycles. The minimum absolute atomic E-state index is 0.0648. The number of nitrogens with one attached hydrogen (secondary N) is 1. The molecule has 0 fully saturated rings. The molecule has 1 rings (SSSR count). The number of hydrogen-bond acceptors (Lipinski definition) is 2. The zero-order valence-corrected chi connectivity index (χ0v) is 5.72. The van der Waals surface area contributed by atoms with Gasteiger partial charge in [-0.15, -0.1) is 0 Å². The monoisotopic (exact) mass is 125 g/mol. The summed E-state index contributed by atoms with van der Waals surface area (Å²) in [4.78, 5) is 0. The van der Waals surface area contributed by atoms with E-state index in [9.17, 15) is 0 Å². The van der Waals surface area contributed by atoms with E-state index in [1.165, 1.54) is 0 Å². The summed E-state index contributed by atoms with van der Waals surface area (Å²) in [5, 5.41) is 3.12. The average Bonchev–Trinajstić information content (AvgIpc) is 1.88. The molecular weight excluding hydrogens is 114 g/mol. The largest absolute Gasteiger partial charge is 0.360 e. The minimum Gasteiger partial charge on any atom is -0.360 e. The molecule has 9 heavy (non-hydrogen) atoms. The van der Waals surface area contributed by atoms with Crippen LogP contribution < -0.4 is 5.32 Å². The van der Waals surface area contributed by atoms with E-state index >= 15 is 0 Å². The Kier molecular flexibility index (Phi) is 1.90. The Hall–Kier alpha value is -0.760. The summed E-state index contributed by atoms with van der Waals surface area (Å²) in [6.45, 7) is 2.01. The number of ether oxygens (including phenoxy) is 1. The van der Waals surface area contributed by atoms with Crippen LogP contribution in [0.1, 0.15) is 6.92 Å². The first-order valence-corrected chi connectivity index (χ1v) is 2.97. The third-order valence-electron chi connectivity index (χ3n) is 1.26. The number of rotatable bonds is 1. The maximum absolute atomic E-state index is 5.02. The molecule has 0 aromatic rings. The fourth-order valence-electron chi connectivity index (χ4n) is 0.759. The molecule has 1 atom stereocenters. The summed E-state index contributed by atoms with van der Waals surface area (Å²) < 4.78 is 5.02. The molecule has 0 saturated heterocycles. The highest BCUT2D eigenvalue weighted by molar-refractivity contribution is 5.16. The van der Waals surface area contributed by atoms with E-state index in [1.807, 2.05) is 25.2 Å². The Labute approximate surface area is 55.2 Å². The molecule has 0 aliphatic carbocycles. The fourth-order valence-corrected chi connectivity index (χ4v) is 0.759. The molecule has 0 saturated carbocycles. The van der Waals surface area contributed by atoms with E-state index in [0.29, 0.717) is 0 Å². The lowest BCUT2D eigenvalue weighted by Crippen LogP contribution is -2.28. The molecule has 1 heterocycles. The molecule has 1 unspecified atom stereocenters. The van der Waals surface area contributed by atoms with Crippen molar-refractivity contribution in [2.75, 3.05) is 7.11 Å². The molecule has 0 radical (unpaired) electrons. The van der Waals surface area contributed by atoms with Crippen LogP contribution in [0.5, 0.6) is 0 Å². The van der Waals surface area contributed by atoms with Gasteiger partial charge >= 0.3 is 0 Å².